The molecule has 2 aromatic carbocycles. The Morgan fingerprint density at radius 1 is 0.879 bits per heavy atom. The highest BCUT2D eigenvalue weighted by Crippen LogP contribution is 2.19. The summed E-state index contributed by atoms with van der Waals surface area (Å²) < 4.78 is 49.6. The van der Waals surface area contributed by atoms with Gasteiger partial charge >= 0.3 is 5.97 Å². The van der Waals surface area contributed by atoms with Crippen LogP contribution in [0.1, 0.15) is 6.92 Å². The first-order valence-electron chi connectivity index (χ1n) is 9.52. The predicted molar refractivity (Wildman–Crippen MR) is 108 cm³/mol. The number of ether oxygens (including phenoxy) is 2. The van der Waals surface area contributed by atoms with E-state index in [0.29, 0.717) is 11.8 Å². The van der Waals surface area contributed by atoms with Crippen molar-refractivity contribution in [2.75, 3.05) is 25.0 Å². The predicted octanol–water partition coefficient (Wildman–Crippen LogP) is 1.29. The standard InChI is InChI=1S/C21H20F3N3O6/c1-12(33-18(30)10-25-17(29)11-32-13-5-3-2-4-6-13)21(31)26-9-16(28)27-15-8-7-14(22)19(23)20(15)24/h2-8,12H,9-11H2,1H3,(H,25,29)(H,26,31)(H,27,28). The number of nitrogens with one attached hydrogen (secondary N) is 3. The van der Waals surface area contributed by atoms with Crippen molar-refractivity contribution in [3.8, 4) is 5.75 Å². The Balaban J connectivity index is 1.68. The third kappa shape index (κ3) is 8.16. The largest absolute Gasteiger partial charge is 0.484 e. The van der Waals surface area contributed by atoms with Gasteiger partial charge in [0.25, 0.3) is 11.8 Å². The third-order valence-corrected chi connectivity index (χ3v) is 3.95. The van der Waals surface area contributed by atoms with E-state index >= 15 is 0 Å². The third-order valence-electron chi connectivity index (χ3n) is 3.95. The molecule has 0 aliphatic carbocycles. The van der Waals surface area contributed by atoms with Crippen LogP contribution in [0.3, 0.4) is 0 Å². The SMILES string of the molecule is CC(OC(=O)CNC(=O)COc1ccccc1)C(=O)NCC(=O)Nc1ccc(F)c(F)c1F. The molecule has 0 bridgehead atoms. The van der Waals surface area contributed by atoms with Gasteiger partial charge in [-0.25, -0.2) is 13.2 Å². The molecule has 12 heteroatoms. The van der Waals surface area contributed by atoms with Crippen LogP contribution in [-0.4, -0.2) is 49.5 Å². The first-order chi connectivity index (χ1) is 15.7. The highest BCUT2D eigenvalue weighted by Gasteiger charge is 2.20. The average molecular weight is 467 g/mol. The van der Waals surface area contributed by atoms with E-state index in [2.05, 4.69) is 10.6 Å². The van der Waals surface area contributed by atoms with Gasteiger partial charge in [-0.15, -0.1) is 0 Å². The lowest BCUT2D eigenvalue weighted by Crippen LogP contribution is -2.42. The topological polar surface area (TPSA) is 123 Å². The molecule has 2 aromatic rings. The van der Waals surface area contributed by atoms with E-state index in [1.807, 2.05) is 5.32 Å². The zero-order chi connectivity index (χ0) is 24.4. The number of esters is 1. The van der Waals surface area contributed by atoms with Crippen molar-refractivity contribution in [3.63, 3.8) is 0 Å². The summed E-state index contributed by atoms with van der Waals surface area (Å²) in [7, 11) is 0. The van der Waals surface area contributed by atoms with E-state index in [9.17, 15) is 32.3 Å². The summed E-state index contributed by atoms with van der Waals surface area (Å²) in [5, 5.41) is 6.36. The first-order valence-corrected chi connectivity index (χ1v) is 9.52. The normalized spacial score (nSPS) is 11.2. The lowest BCUT2D eigenvalue weighted by atomic mass is 10.2. The number of anilines is 1. The zero-order valence-electron chi connectivity index (χ0n) is 17.3. The summed E-state index contributed by atoms with van der Waals surface area (Å²) in [6, 6.07) is 9.97. The molecule has 0 aliphatic rings. The van der Waals surface area contributed by atoms with Crippen molar-refractivity contribution < 1.29 is 41.8 Å². The van der Waals surface area contributed by atoms with Crippen molar-refractivity contribution in [1.82, 2.24) is 10.6 Å². The van der Waals surface area contributed by atoms with Gasteiger partial charge in [-0.1, -0.05) is 18.2 Å². The maximum absolute atomic E-state index is 13.5. The van der Waals surface area contributed by atoms with E-state index in [-0.39, 0.29) is 6.61 Å². The Labute approximate surface area is 186 Å². The van der Waals surface area contributed by atoms with Gasteiger partial charge in [0, 0.05) is 0 Å². The first kappa shape index (κ1) is 25.2. The fraction of sp³-hybridized carbons (Fsp3) is 0.238. The summed E-state index contributed by atoms with van der Waals surface area (Å²) >= 11 is 0. The summed E-state index contributed by atoms with van der Waals surface area (Å²) in [4.78, 5) is 47.2. The van der Waals surface area contributed by atoms with Crippen molar-refractivity contribution >= 4 is 29.4 Å². The van der Waals surface area contributed by atoms with Gasteiger partial charge < -0.3 is 25.4 Å². The molecule has 0 aliphatic heterocycles. The number of para-hydroxylation sites is 1. The van der Waals surface area contributed by atoms with E-state index in [1.165, 1.54) is 6.92 Å². The van der Waals surface area contributed by atoms with Crippen LogP contribution in [0.15, 0.2) is 42.5 Å². The molecule has 1 atom stereocenters. The Kier molecular flexibility index (Phi) is 9.21. The molecule has 0 saturated carbocycles. The molecule has 176 valence electrons. The Morgan fingerprint density at radius 3 is 2.27 bits per heavy atom. The van der Waals surface area contributed by atoms with E-state index < -0.39 is 66.0 Å². The molecule has 0 aromatic heterocycles. The van der Waals surface area contributed by atoms with Crippen molar-refractivity contribution in [2.24, 2.45) is 0 Å². The molecule has 2 rings (SSSR count). The van der Waals surface area contributed by atoms with Crippen LogP contribution in [-0.2, 0) is 23.9 Å². The summed E-state index contributed by atoms with van der Waals surface area (Å²) in [6.07, 6.45) is -1.32. The highest BCUT2D eigenvalue weighted by molar-refractivity contribution is 5.95. The molecule has 1 unspecified atom stereocenters. The summed E-state index contributed by atoms with van der Waals surface area (Å²) in [5.74, 6) is -7.59. The number of carbonyl (C=O) groups is 4. The number of carbonyl (C=O) groups excluding carboxylic acids is 4. The number of hydrogen-bond acceptors (Lipinski definition) is 6. The molecule has 3 N–H and O–H groups in total. The highest BCUT2D eigenvalue weighted by atomic mass is 19.2. The molecule has 3 amide bonds. The molecule has 33 heavy (non-hydrogen) atoms. The van der Waals surface area contributed by atoms with Gasteiger partial charge in [-0.2, -0.15) is 0 Å². The fourth-order valence-electron chi connectivity index (χ4n) is 2.31. The second kappa shape index (κ2) is 12.1. The van der Waals surface area contributed by atoms with E-state index in [1.54, 1.807) is 30.3 Å². The Morgan fingerprint density at radius 2 is 1.58 bits per heavy atom. The van der Waals surface area contributed by atoms with Gasteiger partial charge in [0.2, 0.25) is 5.91 Å². The maximum Gasteiger partial charge on any atom is 0.326 e. The summed E-state index contributed by atoms with van der Waals surface area (Å²) in [5.41, 5.74) is -0.611. The number of halogens is 3. The van der Waals surface area contributed by atoms with Gasteiger partial charge in [0.05, 0.1) is 12.2 Å². The molecule has 0 radical (unpaired) electrons. The van der Waals surface area contributed by atoms with Crippen LogP contribution >= 0.6 is 0 Å². The van der Waals surface area contributed by atoms with E-state index in [4.69, 9.17) is 9.47 Å². The Bertz CT molecular complexity index is 1020. The number of amides is 3. The second-order valence-corrected chi connectivity index (χ2v) is 6.50. The Hall–Kier alpha value is -4.09. The van der Waals surface area contributed by atoms with Crippen LogP contribution < -0.4 is 20.7 Å². The minimum Gasteiger partial charge on any atom is -0.484 e. The van der Waals surface area contributed by atoms with Gasteiger partial charge in [0.15, 0.2) is 30.2 Å². The number of benzene rings is 2. The van der Waals surface area contributed by atoms with Gasteiger partial charge in [-0.05, 0) is 31.2 Å². The lowest BCUT2D eigenvalue weighted by Gasteiger charge is -2.14. The van der Waals surface area contributed by atoms with Crippen LogP contribution in [0.2, 0.25) is 0 Å². The van der Waals surface area contributed by atoms with Crippen molar-refractivity contribution in [1.29, 1.82) is 0 Å². The minimum absolute atomic E-state index is 0.332. The van der Waals surface area contributed by atoms with Crippen LogP contribution in [0.25, 0.3) is 0 Å². The molecular formula is C21H20F3N3O6. The lowest BCUT2D eigenvalue weighted by molar-refractivity contribution is -0.154. The molecule has 0 saturated heterocycles. The van der Waals surface area contributed by atoms with Gasteiger partial charge in [0.1, 0.15) is 12.3 Å². The maximum atomic E-state index is 13.5. The quantitative estimate of drug-likeness (QED) is 0.358. The summed E-state index contributed by atoms with van der Waals surface area (Å²) in [6.45, 7) is -0.293. The monoisotopic (exact) mass is 467 g/mol. The second-order valence-electron chi connectivity index (χ2n) is 6.50. The fourth-order valence-corrected chi connectivity index (χ4v) is 2.31. The number of hydrogen-bond donors (Lipinski definition) is 3. The van der Waals surface area contributed by atoms with Crippen molar-refractivity contribution in [2.45, 2.75) is 13.0 Å². The number of rotatable bonds is 10. The average Bonchev–Trinajstić information content (AvgIpc) is 2.80. The van der Waals surface area contributed by atoms with E-state index in [0.717, 1.165) is 6.07 Å². The molecule has 0 fully saturated rings. The zero-order valence-corrected chi connectivity index (χ0v) is 17.3. The molecule has 0 spiro atoms. The molecule has 0 heterocycles. The smallest absolute Gasteiger partial charge is 0.326 e. The molecular weight excluding hydrogens is 447 g/mol. The van der Waals surface area contributed by atoms with Crippen LogP contribution in [0.5, 0.6) is 5.75 Å². The van der Waals surface area contributed by atoms with Crippen LogP contribution in [0.4, 0.5) is 18.9 Å². The van der Waals surface area contributed by atoms with Crippen molar-refractivity contribution in [3.05, 3.63) is 59.9 Å². The van der Waals surface area contributed by atoms with Crippen LogP contribution in [0, 0.1) is 17.5 Å². The minimum atomic E-state index is -1.75. The molecule has 9 nitrogen and oxygen atoms in total. The van der Waals surface area contributed by atoms with Gasteiger partial charge in [-0.3, -0.25) is 19.2 Å².